The fourth-order valence-electron chi connectivity index (χ4n) is 3.61. The number of fused-ring (bicyclic) bond motifs is 1. The van der Waals surface area contributed by atoms with Gasteiger partial charge in [0.2, 0.25) is 0 Å². The Labute approximate surface area is 155 Å². The van der Waals surface area contributed by atoms with Gasteiger partial charge in [-0.1, -0.05) is 24.3 Å². The highest BCUT2D eigenvalue weighted by atomic mass is 16.6. The van der Waals surface area contributed by atoms with Gasteiger partial charge in [-0.3, -0.25) is 14.9 Å². The Morgan fingerprint density at radius 3 is 2.85 bits per heavy atom. The Bertz CT molecular complexity index is 1020. The van der Waals surface area contributed by atoms with E-state index >= 15 is 0 Å². The Balaban J connectivity index is 1.66. The van der Waals surface area contributed by atoms with Crippen molar-refractivity contribution < 1.29 is 9.72 Å². The van der Waals surface area contributed by atoms with E-state index in [1.165, 1.54) is 35.0 Å². The molecule has 1 atom stereocenters. The maximum absolute atomic E-state index is 13.0. The molecule has 4 rings (SSSR count). The first-order chi connectivity index (χ1) is 13.1. The molecule has 1 aliphatic carbocycles. The minimum Gasteiger partial charge on any atom is -0.335 e. The van der Waals surface area contributed by atoms with Crippen molar-refractivity contribution >= 4 is 11.6 Å². The second kappa shape index (κ2) is 6.64. The van der Waals surface area contributed by atoms with E-state index < -0.39 is 4.92 Å². The van der Waals surface area contributed by atoms with Crippen molar-refractivity contribution in [1.82, 2.24) is 19.7 Å². The van der Waals surface area contributed by atoms with Crippen molar-refractivity contribution in [2.75, 3.05) is 7.05 Å². The first-order valence-corrected chi connectivity index (χ1v) is 8.54. The number of carbonyl (C=O) groups excluding carboxylic acids is 1. The molecule has 3 aromatic rings. The van der Waals surface area contributed by atoms with Crippen LogP contribution < -0.4 is 0 Å². The van der Waals surface area contributed by atoms with E-state index in [0.717, 1.165) is 18.4 Å². The maximum atomic E-state index is 13.0. The molecule has 0 spiro atoms. The summed E-state index contributed by atoms with van der Waals surface area (Å²) in [5, 5.41) is 15.4. The molecule has 8 nitrogen and oxygen atoms in total. The number of aromatic nitrogens is 3. The lowest BCUT2D eigenvalue weighted by Gasteiger charge is -2.25. The van der Waals surface area contributed by atoms with Crippen molar-refractivity contribution in [1.29, 1.82) is 0 Å². The van der Waals surface area contributed by atoms with E-state index in [0.29, 0.717) is 0 Å². The first-order valence-electron chi connectivity index (χ1n) is 8.54. The summed E-state index contributed by atoms with van der Waals surface area (Å²) in [7, 11) is 1.74. The second-order valence-electron chi connectivity index (χ2n) is 6.47. The highest BCUT2D eigenvalue weighted by Crippen LogP contribution is 2.36. The van der Waals surface area contributed by atoms with Crippen molar-refractivity contribution in [3.05, 3.63) is 81.9 Å². The van der Waals surface area contributed by atoms with Crippen molar-refractivity contribution in [2.45, 2.75) is 18.9 Å². The fraction of sp³-hybridized carbons (Fsp3) is 0.211. The third-order valence-electron chi connectivity index (χ3n) is 4.97. The number of nitro groups is 1. The van der Waals surface area contributed by atoms with Gasteiger partial charge in [-0.15, -0.1) is 0 Å². The maximum Gasteiger partial charge on any atom is 0.295 e. The first kappa shape index (κ1) is 16.9. The van der Waals surface area contributed by atoms with E-state index in [9.17, 15) is 14.9 Å². The van der Waals surface area contributed by atoms with Gasteiger partial charge in [-0.25, -0.2) is 9.67 Å². The molecule has 1 aliphatic rings. The number of nitro benzene ring substituents is 1. The number of aryl methyl sites for hydroxylation is 1. The average molecular weight is 363 g/mol. The van der Waals surface area contributed by atoms with Gasteiger partial charge in [0.25, 0.3) is 11.6 Å². The Morgan fingerprint density at radius 1 is 1.30 bits per heavy atom. The lowest BCUT2D eigenvalue weighted by atomic mass is 10.1. The van der Waals surface area contributed by atoms with Gasteiger partial charge in [0, 0.05) is 18.7 Å². The summed E-state index contributed by atoms with van der Waals surface area (Å²) >= 11 is 0. The van der Waals surface area contributed by atoms with Gasteiger partial charge in [-0.2, -0.15) is 5.10 Å². The molecule has 8 heteroatoms. The van der Waals surface area contributed by atoms with Crippen LogP contribution in [-0.2, 0) is 6.42 Å². The van der Waals surface area contributed by atoms with Crippen LogP contribution in [0.4, 0.5) is 5.69 Å². The summed E-state index contributed by atoms with van der Waals surface area (Å²) in [5.41, 5.74) is 2.74. The number of nitrogens with zero attached hydrogens (tertiary/aromatic N) is 5. The van der Waals surface area contributed by atoms with Gasteiger partial charge in [0.1, 0.15) is 18.3 Å². The summed E-state index contributed by atoms with van der Waals surface area (Å²) in [5.74, 6) is -0.245. The van der Waals surface area contributed by atoms with E-state index in [2.05, 4.69) is 16.1 Å². The van der Waals surface area contributed by atoms with E-state index in [1.807, 2.05) is 18.2 Å². The van der Waals surface area contributed by atoms with Crippen LogP contribution in [0.2, 0.25) is 0 Å². The molecular formula is C19H17N5O3. The Morgan fingerprint density at radius 2 is 2.11 bits per heavy atom. The predicted octanol–water partition coefficient (Wildman–Crippen LogP) is 2.94. The highest BCUT2D eigenvalue weighted by Gasteiger charge is 2.30. The number of amides is 1. The zero-order valence-electron chi connectivity index (χ0n) is 14.6. The molecule has 1 amide bonds. The van der Waals surface area contributed by atoms with Crippen LogP contribution in [-0.4, -0.2) is 37.5 Å². The molecule has 1 heterocycles. The summed E-state index contributed by atoms with van der Waals surface area (Å²) in [6.45, 7) is 0. The second-order valence-corrected chi connectivity index (χ2v) is 6.47. The number of hydrogen-bond donors (Lipinski definition) is 0. The van der Waals surface area contributed by atoms with Crippen LogP contribution in [0.25, 0.3) is 5.69 Å². The zero-order valence-corrected chi connectivity index (χ0v) is 14.6. The molecule has 1 aromatic heterocycles. The smallest absolute Gasteiger partial charge is 0.295 e. The van der Waals surface area contributed by atoms with Gasteiger partial charge >= 0.3 is 0 Å². The Hall–Kier alpha value is -3.55. The van der Waals surface area contributed by atoms with Crippen LogP contribution >= 0.6 is 0 Å². The van der Waals surface area contributed by atoms with Gasteiger partial charge in [0.15, 0.2) is 0 Å². The van der Waals surface area contributed by atoms with Gasteiger partial charge in [0.05, 0.1) is 11.0 Å². The van der Waals surface area contributed by atoms with Crippen LogP contribution in [0.1, 0.15) is 33.9 Å². The molecule has 0 aliphatic heterocycles. The summed E-state index contributed by atoms with van der Waals surface area (Å²) in [6.07, 6.45) is 4.45. The molecule has 2 aromatic carbocycles. The largest absolute Gasteiger partial charge is 0.335 e. The SMILES string of the molecule is CN(C(=O)c1ccc(-n2cncn2)c([N+](=O)[O-])c1)C1CCc2ccccc21. The average Bonchev–Trinajstić information content (AvgIpc) is 3.36. The monoisotopic (exact) mass is 363 g/mol. The number of benzene rings is 2. The van der Waals surface area contributed by atoms with E-state index in [4.69, 9.17) is 0 Å². The number of carbonyl (C=O) groups is 1. The highest BCUT2D eigenvalue weighted by molar-refractivity contribution is 5.95. The van der Waals surface area contributed by atoms with Crippen molar-refractivity contribution in [3.63, 3.8) is 0 Å². The lowest BCUT2D eigenvalue weighted by molar-refractivity contribution is -0.384. The molecule has 0 saturated carbocycles. The molecular weight excluding hydrogens is 346 g/mol. The fourth-order valence-corrected chi connectivity index (χ4v) is 3.61. The molecule has 0 radical (unpaired) electrons. The zero-order chi connectivity index (χ0) is 19.0. The van der Waals surface area contributed by atoms with E-state index in [-0.39, 0.29) is 28.9 Å². The van der Waals surface area contributed by atoms with Crippen molar-refractivity contribution in [3.8, 4) is 5.69 Å². The molecule has 27 heavy (non-hydrogen) atoms. The van der Waals surface area contributed by atoms with Crippen LogP contribution in [0.5, 0.6) is 0 Å². The standard InChI is InChI=1S/C19H17N5O3/c1-22(16-8-6-13-4-2-3-5-15(13)16)19(25)14-7-9-17(18(10-14)24(26)27)23-12-20-11-21-23/h2-5,7,9-12,16H,6,8H2,1H3. The summed E-state index contributed by atoms with van der Waals surface area (Å²) in [4.78, 5) is 29.4. The number of rotatable bonds is 4. The van der Waals surface area contributed by atoms with Gasteiger partial charge < -0.3 is 4.90 Å². The number of hydrogen-bond acceptors (Lipinski definition) is 5. The lowest BCUT2D eigenvalue weighted by Crippen LogP contribution is -2.30. The van der Waals surface area contributed by atoms with Gasteiger partial charge in [-0.05, 0) is 36.1 Å². The molecule has 0 saturated heterocycles. The van der Waals surface area contributed by atoms with Crippen LogP contribution in [0, 0.1) is 10.1 Å². The minimum absolute atomic E-state index is 0.0252. The molecule has 1 unspecified atom stereocenters. The molecule has 0 fully saturated rings. The molecule has 136 valence electrons. The summed E-state index contributed by atoms with van der Waals surface area (Å²) in [6, 6.07) is 12.5. The van der Waals surface area contributed by atoms with E-state index in [1.54, 1.807) is 18.0 Å². The molecule has 0 N–H and O–H groups in total. The molecule has 0 bridgehead atoms. The topological polar surface area (TPSA) is 94.2 Å². The van der Waals surface area contributed by atoms with Crippen molar-refractivity contribution in [2.24, 2.45) is 0 Å². The van der Waals surface area contributed by atoms with Crippen LogP contribution in [0.3, 0.4) is 0 Å². The summed E-state index contributed by atoms with van der Waals surface area (Å²) < 4.78 is 1.31. The predicted molar refractivity (Wildman–Crippen MR) is 97.6 cm³/mol. The minimum atomic E-state index is -0.515. The quantitative estimate of drug-likeness (QED) is 0.525. The third-order valence-corrected chi connectivity index (χ3v) is 4.97. The normalized spacial score (nSPS) is 15.4. The van der Waals surface area contributed by atoms with Crippen LogP contribution in [0.15, 0.2) is 55.1 Å². The Kier molecular flexibility index (Phi) is 4.15. The third kappa shape index (κ3) is 2.95.